The maximum Gasteiger partial charge on any atom is 0.305 e. The van der Waals surface area contributed by atoms with Gasteiger partial charge in [0.2, 0.25) is 6.04 Å². The number of rotatable bonds is 9. The highest BCUT2D eigenvalue weighted by atomic mass is 16.6. The number of nitro groups is 1. The molecule has 0 saturated heterocycles. The van der Waals surface area contributed by atoms with E-state index in [-0.39, 0.29) is 17.8 Å². The Morgan fingerprint density at radius 3 is 1.66 bits per heavy atom. The van der Waals surface area contributed by atoms with Crippen LogP contribution in [0.15, 0.2) is 48.5 Å². The molecule has 0 N–H and O–H groups in total. The summed E-state index contributed by atoms with van der Waals surface area (Å²) in [6.07, 6.45) is 0.111. The van der Waals surface area contributed by atoms with Crippen molar-refractivity contribution in [3.05, 3.63) is 69.8 Å². The van der Waals surface area contributed by atoms with Crippen LogP contribution in [-0.4, -0.2) is 52.2 Å². The van der Waals surface area contributed by atoms with Gasteiger partial charge in [-0.05, 0) is 35.4 Å². The van der Waals surface area contributed by atoms with E-state index < -0.39 is 17.9 Å². The summed E-state index contributed by atoms with van der Waals surface area (Å²) in [7, 11) is 9.08. The fourth-order valence-electron chi connectivity index (χ4n) is 3.36. The summed E-state index contributed by atoms with van der Waals surface area (Å²) in [6, 6.07) is 14.6. The van der Waals surface area contributed by atoms with Crippen molar-refractivity contribution in [2.75, 3.05) is 45.1 Å². The molecule has 0 radical (unpaired) electrons. The third-order valence-electron chi connectivity index (χ3n) is 5.06. The lowest BCUT2D eigenvalue weighted by molar-refractivity contribution is -0.526. The SMILES string of the molecule is COC(=O)CCC(C(c1ccc(N(C)C)cc1)c1ccc(N(C)C)cc1)[N+](=O)[O-]. The van der Waals surface area contributed by atoms with E-state index in [2.05, 4.69) is 4.74 Å². The van der Waals surface area contributed by atoms with Crippen LogP contribution in [0.5, 0.6) is 0 Å². The normalized spacial score (nSPS) is 11.8. The molecule has 0 heterocycles. The maximum atomic E-state index is 12.0. The molecule has 0 aliphatic heterocycles. The van der Waals surface area contributed by atoms with Crippen molar-refractivity contribution in [3.8, 4) is 0 Å². The van der Waals surface area contributed by atoms with Crippen molar-refractivity contribution in [2.24, 2.45) is 0 Å². The van der Waals surface area contributed by atoms with Crippen molar-refractivity contribution >= 4 is 17.3 Å². The van der Waals surface area contributed by atoms with Crippen LogP contribution in [0.25, 0.3) is 0 Å². The molecular formula is C22H29N3O4. The van der Waals surface area contributed by atoms with E-state index in [4.69, 9.17) is 0 Å². The molecule has 7 heteroatoms. The molecule has 1 atom stereocenters. The Morgan fingerprint density at radius 1 is 0.931 bits per heavy atom. The van der Waals surface area contributed by atoms with Gasteiger partial charge >= 0.3 is 5.97 Å². The quantitative estimate of drug-likeness (QED) is 0.365. The number of methoxy groups -OCH3 is 1. The summed E-state index contributed by atoms with van der Waals surface area (Å²) in [4.78, 5) is 27.3. The smallest absolute Gasteiger partial charge is 0.305 e. The van der Waals surface area contributed by atoms with E-state index in [0.717, 1.165) is 22.5 Å². The lowest BCUT2D eigenvalue weighted by Gasteiger charge is -2.23. The van der Waals surface area contributed by atoms with E-state index in [9.17, 15) is 14.9 Å². The summed E-state index contributed by atoms with van der Waals surface area (Å²) in [5.41, 5.74) is 3.73. The second kappa shape index (κ2) is 9.91. The Labute approximate surface area is 172 Å². The average molecular weight is 399 g/mol. The van der Waals surface area contributed by atoms with Gasteiger partial charge < -0.3 is 14.5 Å². The van der Waals surface area contributed by atoms with Crippen LogP contribution in [0.2, 0.25) is 0 Å². The first kappa shape index (κ1) is 22.2. The minimum Gasteiger partial charge on any atom is -0.469 e. The first-order chi connectivity index (χ1) is 13.7. The standard InChI is InChI=1S/C22H29N3O4/c1-23(2)18-10-6-16(7-11-18)22(17-8-12-19(13-9-17)24(3)4)20(25(27)28)14-15-21(26)29-5/h6-13,20,22H,14-15H2,1-5H3. The maximum absolute atomic E-state index is 12.0. The zero-order valence-electron chi connectivity index (χ0n) is 17.7. The monoisotopic (exact) mass is 399 g/mol. The third-order valence-corrected chi connectivity index (χ3v) is 5.06. The molecule has 29 heavy (non-hydrogen) atoms. The highest BCUT2D eigenvalue weighted by Gasteiger charge is 2.34. The Kier molecular flexibility index (Phi) is 7.59. The first-order valence-corrected chi connectivity index (χ1v) is 9.49. The molecule has 1 unspecified atom stereocenters. The van der Waals surface area contributed by atoms with E-state index in [1.54, 1.807) is 0 Å². The summed E-state index contributed by atoms with van der Waals surface area (Å²) in [5.74, 6) is -0.913. The molecule has 0 amide bonds. The van der Waals surface area contributed by atoms with Crippen LogP contribution >= 0.6 is 0 Å². The minimum atomic E-state index is -0.940. The minimum absolute atomic E-state index is 0.00418. The van der Waals surface area contributed by atoms with E-state index >= 15 is 0 Å². The van der Waals surface area contributed by atoms with Gasteiger partial charge in [0, 0.05) is 50.9 Å². The molecule has 0 fully saturated rings. The zero-order valence-corrected chi connectivity index (χ0v) is 17.7. The van der Waals surface area contributed by atoms with Crippen LogP contribution in [0.3, 0.4) is 0 Å². The lowest BCUT2D eigenvalue weighted by atomic mass is 9.83. The fraction of sp³-hybridized carbons (Fsp3) is 0.409. The van der Waals surface area contributed by atoms with Crippen molar-refractivity contribution in [1.82, 2.24) is 0 Å². The summed E-state index contributed by atoms with van der Waals surface area (Å²) in [5, 5.41) is 12.0. The summed E-state index contributed by atoms with van der Waals surface area (Å²) >= 11 is 0. The van der Waals surface area contributed by atoms with Crippen molar-refractivity contribution in [3.63, 3.8) is 0 Å². The number of nitrogens with zero attached hydrogens (tertiary/aromatic N) is 3. The molecular weight excluding hydrogens is 370 g/mol. The number of anilines is 2. The van der Waals surface area contributed by atoms with Crippen molar-refractivity contribution in [1.29, 1.82) is 0 Å². The number of carbonyl (C=O) groups is 1. The zero-order chi connectivity index (χ0) is 21.6. The topological polar surface area (TPSA) is 75.9 Å². The van der Waals surface area contributed by atoms with E-state index in [0.29, 0.717) is 0 Å². The third kappa shape index (κ3) is 5.70. The molecule has 2 aromatic carbocycles. The molecule has 0 aliphatic rings. The summed E-state index contributed by atoms with van der Waals surface area (Å²) < 4.78 is 4.68. The highest BCUT2D eigenvalue weighted by Crippen LogP contribution is 2.34. The lowest BCUT2D eigenvalue weighted by Crippen LogP contribution is -2.29. The van der Waals surface area contributed by atoms with Gasteiger partial charge in [-0.25, -0.2) is 0 Å². The van der Waals surface area contributed by atoms with E-state index in [1.807, 2.05) is 86.5 Å². The van der Waals surface area contributed by atoms with Crippen LogP contribution in [0.4, 0.5) is 11.4 Å². The number of ether oxygens (including phenoxy) is 1. The second-order valence-corrected chi connectivity index (χ2v) is 7.42. The molecule has 2 rings (SSSR count). The highest BCUT2D eigenvalue weighted by molar-refractivity contribution is 5.69. The number of benzene rings is 2. The second-order valence-electron chi connectivity index (χ2n) is 7.42. The largest absolute Gasteiger partial charge is 0.469 e. The first-order valence-electron chi connectivity index (χ1n) is 9.49. The number of esters is 1. The van der Waals surface area contributed by atoms with Gasteiger partial charge in [-0.1, -0.05) is 24.3 Å². The average Bonchev–Trinajstić information content (AvgIpc) is 2.70. The Balaban J connectivity index is 2.47. The summed E-state index contributed by atoms with van der Waals surface area (Å²) in [6.45, 7) is 0. The van der Waals surface area contributed by atoms with Crippen LogP contribution in [0.1, 0.15) is 29.9 Å². The number of hydrogen-bond acceptors (Lipinski definition) is 6. The molecule has 0 aromatic heterocycles. The Hall–Kier alpha value is -3.09. The number of hydrogen-bond donors (Lipinski definition) is 0. The molecule has 156 valence electrons. The van der Waals surface area contributed by atoms with Gasteiger partial charge in [-0.3, -0.25) is 14.9 Å². The van der Waals surface area contributed by atoms with Gasteiger partial charge in [-0.15, -0.1) is 0 Å². The molecule has 2 aromatic rings. The van der Waals surface area contributed by atoms with Gasteiger partial charge in [0.15, 0.2) is 0 Å². The van der Waals surface area contributed by atoms with Crippen molar-refractivity contribution in [2.45, 2.75) is 24.8 Å². The molecule has 0 spiro atoms. The van der Waals surface area contributed by atoms with Crippen LogP contribution < -0.4 is 9.80 Å². The Bertz CT molecular complexity index is 765. The molecule has 0 saturated carbocycles. The molecule has 0 aliphatic carbocycles. The van der Waals surface area contributed by atoms with Crippen molar-refractivity contribution < 1.29 is 14.5 Å². The molecule has 0 bridgehead atoms. The van der Waals surface area contributed by atoms with Gasteiger partial charge in [0.05, 0.1) is 19.4 Å². The van der Waals surface area contributed by atoms with Crippen LogP contribution in [-0.2, 0) is 9.53 Å². The van der Waals surface area contributed by atoms with Gasteiger partial charge in [0.1, 0.15) is 0 Å². The van der Waals surface area contributed by atoms with E-state index in [1.165, 1.54) is 7.11 Å². The van der Waals surface area contributed by atoms with Crippen LogP contribution in [0, 0.1) is 10.1 Å². The Morgan fingerprint density at radius 2 is 1.34 bits per heavy atom. The predicted molar refractivity (Wildman–Crippen MR) is 115 cm³/mol. The predicted octanol–water partition coefficient (Wildman–Crippen LogP) is 3.55. The molecule has 7 nitrogen and oxygen atoms in total. The fourth-order valence-corrected chi connectivity index (χ4v) is 3.36. The van der Waals surface area contributed by atoms with Gasteiger partial charge in [0.25, 0.3) is 0 Å². The number of carbonyl (C=O) groups excluding carboxylic acids is 1. The van der Waals surface area contributed by atoms with Gasteiger partial charge in [-0.2, -0.15) is 0 Å².